The average Bonchev–Trinajstić information content (AvgIpc) is 2.79. The number of hydrogen-bond donors (Lipinski definition) is 1. The third kappa shape index (κ3) is 3.59. The van der Waals surface area contributed by atoms with Crippen LogP contribution in [0.3, 0.4) is 0 Å². The predicted molar refractivity (Wildman–Crippen MR) is 71.5 cm³/mol. The molecule has 0 aliphatic carbocycles. The summed E-state index contributed by atoms with van der Waals surface area (Å²) in [6, 6.07) is 3.86. The highest BCUT2D eigenvalue weighted by Gasteiger charge is 2.42. The fourth-order valence-corrected chi connectivity index (χ4v) is 3.13. The number of carbonyl (C=O) groups excluding carboxylic acids is 1. The fraction of sp³-hybridized carbons (Fsp3) is 0.385. The summed E-state index contributed by atoms with van der Waals surface area (Å²) >= 11 is 0. The van der Waals surface area contributed by atoms with Gasteiger partial charge in [-0.15, -0.1) is 3.89 Å². The van der Waals surface area contributed by atoms with Crippen LogP contribution in [0.4, 0.5) is 8.28 Å². The van der Waals surface area contributed by atoms with Crippen LogP contribution in [0.2, 0.25) is 0 Å². The summed E-state index contributed by atoms with van der Waals surface area (Å²) < 4.78 is 47.9. The maximum Gasteiger partial charge on any atom is 0.307 e. The Morgan fingerprint density at radius 2 is 1.95 bits per heavy atom. The lowest BCUT2D eigenvalue weighted by Crippen LogP contribution is -2.33. The number of carboxylic acids is 1. The molecule has 2 atom stereocenters. The van der Waals surface area contributed by atoms with E-state index in [0.717, 1.165) is 17.0 Å². The molecule has 0 saturated carbocycles. The molecule has 1 amide bonds. The van der Waals surface area contributed by atoms with E-state index in [9.17, 15) is 26.3 Å². The second kappa shape index (κ2) is 5.99. The van der Waals surface area contributed by atoms with E-state index in [1.807, 2.05) is 0 Å². The number of benzene rings is 1. The fourth-order valence-electron chi connectivity index (χ4n) is 2.45. The van der Waals surface area contributed by atoms with Crippen LogP contribution in [-0.2, 0) is 19.8 Å². The van der Waals surface area contributed by atoms with Gasteiger partial charge in [-0.05, 0) is 17.7 Å². The Bertz CT molecular complexity index is 689. The number of aliphatic carboxylic acids is 1. The van der Waals surface area contributed by atoms with Gasteiger partial charge >= 0.3 is 16.2 Å². The van der Waals surface area contributed by atoms with Gasteiger partial charge in [-0.1, -0.05) is 12.1 Å². The molecular weight excluding hydrogens is 320 g/mol. The van der Waals surface area contributed by atoms with E-state index < -0.39 is 58.6 Å². The Kier molecular flexibility index (Phi) is 4.45. The molecule has 1 saturated heterocycles. The lowest BCUT2D eigenvalue weighted by Gasteiger charge is -2.27. The normalized spacial score (nSPS) is 20.2. The maximum atomic E-state index is 13.0. The third-order valence-electron chi connectivity index (χ3n) is 3.52. The number of amides is 1. The maximum absolute atomic E-state index is 13.0. The zero-order valence-corrected chi connectivity index (χ0v) is 12.1. The van der Waals surface area contributed by atoms with Crippen LogP contribution < -0.4 is 0 Å². The van der Waals surface area contributed by atoms with E-state index in [0.29, 0.717) is 5.56 Å². The highest BCUT2D eigenvalue weighted by Crippen LogP contribution is 2.31. The molecule has 0 aromatic heterocycles. The van der Waals surface area contributed by atoms with Crippen molar-refractivity contribution in [3.8, 4) is 0 Å². The van der Waals surface area contributed by atoms with Crippen LogP contribution in [0.25, 0.3) is 0 Å². The summed E-state index contributed by atoms with van der Waals surface area (Å²) in [5.41, 5.74) is 0.342. The molecule has 9 heteroatoms. The highest BCUT2D eigenvalue weighted by atomic mass is 32.3. The SMILES string of the molecule is O=C(O)CC(c1ccc(F)cc1)N1CC(S(=O)(=O)F)CC1=O. The van der Waals surface area contributed by atoms with E-state index >= 15 is 0 Å². The lowest BCUT2D eigenvalue weighted by molar-refractivity contribution is -0.139. The van der Waals surface area contributed by atoms with Crippen molar-refractivity contribution in [2.24, 2.45) is 0 Å². The minimum absolute atomic E-state index is 0.342. The number of carbonyl (C=O) groups is 2. The van der Waals surface area contributed by atoms with Crippen molar-refractivity contribution < 1.29 is 31.4 Å². The molecule has 1 aromatic rings. The van der Waals surface area contributed by atoms with E-state index in [4.69, 9.17) is 5.11 Å². The molecule has 0 radical (unpaired) electrons. The summed E-state index contributed by atoms with van der Waals surface area (Å²) in [6.07, 6.45) is -1.02. The van der Waals surface area contributed by atoms with E-state index in [1.165, 1.54) is 12.1 Å². The molecule has 1 aliphatic rings. The van der Waals surface area contributed by atoms with Crippen LogP contribution in [0, 0.1) is 5.82 Å². The van der Waals surface area contributed by atoms with Crippen molar-refractivity contribution in [2.45, 2.75) is 24.1 Å². The Hall–Kier alpha value is -2.03. The van der Waals surface area contributed by atoms with Crippen molar-refractivity contribution in [3.63, 3.8) is 0 Å². The Morgan fingerprint density at radius 1 is 1.36 bits per heavy atom. The summed E-state index contributed by atoms with van der Waals surface area (Å²) in [4.78, 5) is 23.9. The minimum atomic E-state index is -4.89. The molecule has 1 fully saturated rings. The molecule has 1 N–H and O–H groups in total. The van der Waals surface area contributed by atoms with Gasteiger partial charge in [0.2, 0.25) is 5.91 Å². The standard InChI is InChI=1S/C13H13F2NO5S/c14-9-3-1-8(2-4-9)11(6-13(18)19)16-7-10(5-12(16)17)22(15,20)21/h1-4,10-11H,5-7H2,(H,18,19). The smallest absolute Gasteiger partial charge is 0.307 e. The third-order valence-corrected chi connectivity index (χ3v) is 4.63. The van der Waals surface area contributed by atoms with Crippen molar-refractivity contribution in [2.75, 3.05) is 6.54 Å². The molecule has 2 rings (SSSR count). The zero-order valence-electron chi connectivity index (χ0n) is 11.3. The van der Waals surface area contributed by atoms with Gasteiger partial charge in [0.15, 0.2) is 0 Å². The molecule has 22 heavy (non-hydrogen) atoms. The van der Waals surface area contributed by atoms with E-state index in [2.05, 4.69) is 0 Å². The summed E-state index contributed by atoms with van der Waals surface area (Å²) in [5.74, 6) is -2.40. The monoisotopic (exact) mass is 333 g/mol. The van der Waals surface area contributed by atoms with Crippen LogP contribution in [0.1, 0.15) is 24.4 Å². The van der Waals surface area contributed by atoms with Gasteiger partial charge in [-0.25, -0.2) is 4.39 Å². The van der Waals surface area contributed by atoms with E-state index in [-0.39, 0.29) is 0 Å². The topological polar surface area (TPSA) is 91.8 Å². The van der Waals surface area contributed by atoms with Crippen LogP contribution in [0.5, 0.6) is 0 Å². The first kappa shape index (κ1) is 16.3. The Balaban J connectivity index is 2.32. The van der Waals surface area contributed by atoms with Gasteiger partial charge in [-0.2, -0.15) is 8.42 Å². The molecule has 1 aromatic carbocycles. The van der Waals surface area contributed by atoms with Gasteiger partial charge < -0.3 is 10.0 Å². The first-order chi connectivity index (χ1) is 10.2. The van der Waals surface area contributed by atoms with Gasteiger partial charge in [0.1, 0.15) is 11.1 Å². The van der Waals surface area contributed by atoms with Crippen LogP contribution in [-0.4, -0.2) is 42.1 Å². The van der Waals surface area contributed by atoms with Crippen LogP contribution >= 0.6 is 0 Å². The lowest BCUT2D eigenvalue weighted by atomic mass is 10.0. The van der Waals surface area contributed by atoms with Gasteiger partial charge in [-0.3, -0.25) is 9.59 Å². The van der Waals surface area contributed by atoms with Crippen LogP contribution in [0.15, 0.2) is 24.3 Å². The minimum Gasteiger partial charge on any atom is -0.481 e. The van der Waals surface area contributed by atoms with Gasteiger partial charge in [0.25, 0.3) is 0 Å². The number of halogens is 2. The number of rotatable bonds is 5. The molecule has 2 unspecified atom stereocenters. The predicted octanol–water partition coefficient (Wildman–Crippen LogP) is 1.24. The summed E-state index contributed by atoms with van der Waals surface area (Å²) in [6.45, 7) is -0.424. The molecule has 6 nitrogen and oxygen atoms in total. The van der Waals surface area contributed by atoms with Crippen molar-refractivity contribution in [1.82, 2.24) is 4.90 Å². The second-order valence-corrected chi connectivity index (χ2v) is 6.63. The quantitative estimate of drug-likeness (QED) is 0.819. The van der Waals surface area contributed by atoms with Gasteiger partial charge in [0, 0.05) is 13.0 Å². The van der Waals surface area contributed by atoms with Crippen molar-refractivity contribution in [1.29, 1.82) is 0 Å². The number of carboxylic acid groups (broad SMARTS) is 1. The number of hydrogen-bond acceptors (Lipinski definition) is 4. The molecule has 1 heterocycles. The average molecular weight is 333 g/mol. The molecule has 1 aliphatic heterocycles. The largest absolute Gasteiger partial charge is 0.481 e. The molecule has 0 bridgehead atoms. The molecular formula is C13H13F2NO5S. The van der Waals surface area contributed by atoms with Crippen molar-refractivity contribution in [3.05, 3.63) is 35.6 Å². The summed E-state index contributed by atoms with van der Waals surface area (Å²) in [5, 5.41) is 7.46. The van der Waals surface area contributed by atoms with Gasteiger partial charge in [0.05, 0.1) is 12.5 Å². The number of nitrogens with zero attached hydrogens (tertiary/aromatic N) is 1. The Labute approximate surface area is 125 Å². The first-order valence-corrected chi connectivity index (χ1v) is 7.83. The first-order valence-electron chi connectivity index (χ1n) is 6.38. The second-order valence-electron chi connectivity index (χ2n) is 5.01. The number of likely N-dealkylation sites (tertiary alicyclic amines) is 1. The Morgan fingerprint density at radius 3 is 2.41 bits per heavy atom. The molecule has 120 valence electrons. The van der Waals surface area contributed by atoms with E-state index in [1.54, 1.807) is 0 Å². The highest BCUT2D eigenvalue weighted by molar-refractivity contribution is 7.87. The zero-order chi connectivity index (χ0) is 16.5. The summed E-state index contributed by atoms with van der Waals surface area (Å²) in [7, 11) is -4.89. The van der Waals surface area contributed by atoms with Crippen molar-refractivity contribution >= 4 is 22.1 Å². The molecule has 0 spiro atoms.